The van der Waals surface area contributed by atoms with Gasteiger partial charge >= 0.3 is 17.9 Å². The Hall–Kier alpha value is -6.38. The van der Waals surface area contributed by atoms with Crippen molar-refractivity contribution in [1.29, 1.82) is 0 Å². The molecule has 2 saturated heterocycles. The van der Waals surface area contributed by atoms with Gasteiger partial charge in [0.05, 0.1) is 51.8 Å². The van der Waals surface area contributed by atoms with E-state index in [4.69, 9.17) is 44.4 Å². The van der Waals surface area contributed by atoms with Crippen LogP contribution in [-0.4, -0.2) is 123 Å². The number of nitrogens with zero attached hydrogens (tertiary/aromatic N) is 3. The number of ether oxygens (including phenoxy) is 6. The number of carbonyl (C=O) groups excluding carboxylic acids is 3. The molecular weight excluding hydrogens is 987 g/mol. The molecular formula is C54H59ClF3N5O11. The standard InChI is InChI=1S/C54H59ClF3N5O11/c55-15-3-1-2-4-22-68-25-26-70-24-17-60-52(67)72-30-29-71-28-27-69-23-16-59-50(65)36-7-11-41-44(31-36)53(63(51(41)66)39-8-12-40-45(54(56,57)58)35-49(64)74-46(40)34-39)42-13-9-37(61-18-5-19-61)32-47(42)73-48-33-38(10-14-43(48)53)62-20-6-21-62/h7-14,31-35H,1-6,15-30H2,(H,59,65)(H,60,67). The van der Waals surface area contributed by atoms with E-state index in [0.717, 1.165) is 76.1 Å². The molecule has 2 N–H and O–H groups in total. The molecule has 1 aromatic heterocycles. The predicted octanol–water partition coefficient (Wildman–Crippen LogP) is 8.61. The molecule has 0 bridgehead atoms. The van der Waals surface area contributed by atoms with Crippen LogP contribution in [0.15, 0.2) is 88.1 Å². The average molecular weight is 1050 g/mol. The molecule has 3 amide bonds. The molecule has 0 atom stereocenters. The van der Waals surface area contributed by atoms with Gasteiger partial charge in [0, 0.05) is 126 Å². The van der Waals surface area contributed by atoms with Gasteiger partial charge in [-0.25, -0.2) is 9.59 Å². The molecule has 74 heavy (non-hydrogen) atoms. The zero-order valence-corrected chi connectivity index (χ0v) is 41.7. The summed E-state index contributed by atoms with van der Waals surface area (Å²) >= 11 is 5.68. The van der Waals surface area contributed by atoms with Gasteiger partial charge in [-0.05, 0) is 68.1 Å². The zero-order valence-electron chi connectivity index (χ0n) is 40.9. The van der Waals surface area contributed by atoms with Gasteiger partial charge in [0.1, 0.15) is 29.2 Å². The Bertz CT molecular complexity index is 2810. The first-order valence-corrected chi connectivity index (χ1v) is 25.7. The van der Waals surface area contributed by atoms with Crippen LogP contribution in [0.1, 0.15) is 81.5 Å². The maximum atomic E-state index is 15.2. The Morgan fingerprint density at radius 3 is 1.85 bits per heavy atom. The summed E-state index contributed by atoms with van der Waals surface area (Å²) in [6.07, 6.45) is 0.834. The third-order valence-electron chi connectivity index (χ3n) is 13.5. The molecule has 5 aromatic rings. The maximum absolute atomic E-state index is 15.2. The lowest BCUT2D eigenvalue weighted by molar-refractivity contribution is -0.136. The fraction of sp³-hybridized carbons (Fsp3) is 0.444. The fourth-order valence-corrected chi connectivity index (χ4v) is 9.82. The van der Waals surface area contributed by atoms with Gasteiger partial charge in [0.15, 0.2) is 0 Å². The van der Waals surface area contributed by atoms with E-state index < -0.39 is 40.8 Å². The summed E-state index contributed by atoms with van der Waals surface area (Å²) in [5.74, 6) is 0.674. The van der Waals surface area contributed by atoms with Gasteiger partial charge in [-0.15, -0.1) is 11.6 Å². The number of amides is 3. The molecule has 0 aliphatic carbocycles. The maximum Gasteiger partial charge on any atom is 0.417 e. The molecule has 0 saturated carbocycles. The van der Waals surface area contributed by atoms with E-state index in [0.29, 0.717) is 73.1 Å². The van der Waals surface area contributed by atoms with Gasteiger partial charge in [-0.2, -0.15) is 13.2 Å². The molecule has 2 fully saturated rings. The number of nitrogens with one attached hydrogen (secondary N) is 2. The van der Waals surface area contributed by atoms with Crippen LogP contribution in [0.5, 0.6) is 11.5 Å². The second-order valence-electron chi connectivity index (χ2n) is 18.3. The molecule has 20 heteroatoms. The van der Waals surface area contributed by atoms with Crippen molar-refractivity contribution in [3.05, 3.63) is 123 Å². The minimum atomic E-state index is -4.86. The lowest BCUT2D eigenvalue weighted by Crippen LogP contribution is -2.48. The summed E-state index contributed by atoms with van der Waals surface area (Å²) in [6, 6.07) is 20.7. The quantitative estimate of drug-likeness (QED) is 0.0324. The second-order valence-corrected chi connectivity index (χ2v) is 18.7. The molecule has 9 rings (SSSR count). The number of hydrogen-bond acceptors (Lipinski definition) is 13. The second kappa shape index (κ2) is 23.9. The summed E-state index contributed by atoms with van der Waals surface area (Å²) in [5, 5.41) is 5.17. The Kier molecular flexibility index (Phi) is 16.9. The Balaban J connectivity index is 0.858. The molecule has 394 valence electrons. The van der Waals surface area contributed by atoms with Crippen molar-refractivity contribution in [2.24, 2.45) is 0 Å². The van der Waals surface area contributed by atoms with E-state index in [1.54, 1.807) is 18.2 Å². The van der Waals surface area contributed by atoms with Crippen molar-refractivity contribution in [1.82, 2.24) is 10.6 Å². The molecule has 4 aromatic carbocycles. The van der Waals surface area contributed by atoms with E-state index in [1.807, 2.05) is 36.4 Å². The summed E-state index contributed by atoms with van der Waals surface area (Å²) < 4.78 is 82.3. The third kappa shape index (κ3) is 11.5. The fourth-order valence-electron chi connectivity index (χ4n) is 9.63. The van der Waals surface area contributed by atoms with Crippen molar-refractivity contribution in [3.63, 3.8) is 0 Å². The van der Waals surface area contributed by atoms with Crippen LogP contribution in [0, 0.1) is 0 Å². The number of rotatable bonds is 25. The van der Waals surface area contributed by atoms with Crippen molar-refractivity contribution < 1.29 is 60.4 Å². The summed E-state index contributed by atoms with van der Waals surface area (Å²) in [6.45, 7) is 6.59. The molecule has 4 aliphatic rings. The monoisotopic (exact) mass is 1050 g/mol. The van der Waals surface area contributed by atoms with Crippen LogP contribution in [0.3, 0.4) is 0 Å². The predicted molar refractivity (Wildman–Crippen MR) is 271 cm³/mol. The number of fused-ring (bicyclic) bond motifs is 7. The SMILES string of the molecule is O=C(NCCOCCOCCCCCCCl)OCCOCCOCCNC(=O)c1ccc2c(c1)C1(c3ccc(N4CCC4)cc3Oc3cc(N4CCC4)ccc31)N(c1ccc3c(C(F)(F)F)cc(=O)oc3c1)C2=O. The highest BCUT2D eigenvalue weighted by Gasteiger charge is 2.57. The first kappa shape index (κ1) is 52.5. The van der Waals surface area contributed by atoms with Crippen molar-refractivity contribution in [3.8, 4) is 11.5 Å². The first-order chi connectivity index (χ1) is 36.0. The lowest BCUT2D eigenvalue weighted by Gasteiger charge is -2.45. The average Bonchev–Trinajstić information content (AvgIpc) is 3.68. The number of carbonyl (C=O) groups is 3. The third-order valence-corrected chi connectivity index (χ3v) is 13.8. The smallest absolute Gasteiger partial charge is 0.417 e. The number of halogens is 4. The zero-order chi connectivity index (χ0) is 51.7. The van der Waals surface area contributed by atoms with Gasteiger partial charge in [-0.1, -0.05) is 25.0 Å². The Labute approximate surface area is 430 Å². The minimum absolute atomic E-state index is 0.0412. The van der Waals surface area contributed by atoms with Crippen LogP contribution >= 0.6 is 11.6 Å². The number of alkyl carbamates (subject to hydrolysis) is 1. The first-order valence-electron chi connectivity index (χ1n) is 25.1. The highest BCUT2D eigenvalue weighted by atomic mass is 35.5. The number of anilines is 3. The van der Waals surface area contributed by atoms with E-state index in [-0.39, 0.29) is 67.4 Å². The van der Waals surface area contributed by atoms with Crippen LogP contribution in [0.2, 0.25) is 0 Å². The molecule has 1 spiro atoms. The number of hydrogen-bond donors (Lipinski definition) is 2. The molecule has 0 radical (unpaired) electrons. The number of alkyl halides is 4. The van der Waals surface area contributed by atoms with Crippen molar-refractivity contribution in [2.45, 2.75) is 50.2 Å². The van der Waals surface area contributed by atoms with Gasteiger partial charge in [-0.3, -0.25) is 14.5 Å². The summed E-state index contributed by atoms with van der Waals surface area (Å²) in [5.41, 5.74) is -0.188. The molecule has 4 aliphatic heterocycles. The number of unbranched alkanes of at least 4 members (excludes halogenated alkanes) is 3. The molecule has 0 unspecified atom stereocenters. The van der Waals surface area contributed by atoms with Crippen molar-refractivity contribution in [2.75, 3.05) is 119 Å². The number of benzene rings is 4. The van der Waals surface area contributed by atoms with Crippen LogP contribution < -0.4 is 35.7 Å². The van der Waals surface area contributed by atoms with Crippen LogP contribution in [0.4, 0.5) is 35.0 Å². The van der Waals surface area contributed by atoms with Crippen LogP contribution in [-0.2, 0) is 35.4 Å². The van der Waals surface area contributed by atoms with Gasteiger partial charge < -0.3 is 53.3 Å². The highest BCUT2D eigenvalue weighted by Crippen LogP contribution is 2.60. The van der Waals surface area contributed by atoms with E-state index in [9.17, 15) is 27.6 Å². The molecule has 5 heterocycles. The molecule has 16 nitrogen and oxygen atoms in total. The van der Waals surface area contributed by atoms with E-state index >= 15 is 4.79 Å². The highest BCUT2D eigenvalue weighted by molar-refractivity contribution is 6.17. The topological polar surface area (TPSA) is 171 Å². The minimum Gasteiger partial charge on any atom is -0.456 e. The van der Waals surface area contributed by atoms with E-state index in [1.165, 1.54) is 23.1 Å². The van der Waals surface area contributed by atoms with E-state index in [2.05, 4.69) is 20.4 Å². The van der Waals surface area contributed by atoms with Crippen molar-refractivity contribution >= 4 is 57.5 Å². The van der Waals surface area contributed by atoms with Gasteiger partial charge in [0.25, 0.3) is 11.8 Å². The van der Waals surface area contributed by atoms with Gasteiger partial charge in [0.2, 0.25) is 0 Å². The summed E-state index contributed by atoms with van der Waals surface area (Å²) in [4.78, 5) is 59.7. The largest absolute Gasteiger partial charge is 0.456 e. The Morgan fingerprint density at radius 2 is 1.23 bits per heavy atom. The van der Waals surface area contributed by atoms with Crippen LogP contribution in [0.25, 0.3) is 11.0 Å². The normalized spacial score (nSPS) is 15.3. The Morgan fingerprint density at radius 1 is 0.635 bits per heavy atom. The lowest BCUT2D eigenvalue weighted by atomic mass is 9.74. The summed E-state index contributed by atoms with van der Waals surface area (Å²) in [7, 11) is 0.